The minimum atomic E-state index is -0.859. The maximum atomic E-state index is 12.4. The highest BCUT2D eigenvalue weighted by Gasteiger charge is 2.66. The summed E-state index contributed by atoms with van der Waals surface area (Å²) < 4.78 is 6.19. The third-order valence-corrected chi connectivity index (χ3v) is 11.7. The molecule has 0 aromatic rings. The summed E-state index contributed by atoms with van der Waals surface area (Å²) in [5.74, 6) is -0.0382. The van der Waals surface area contributed by atoms with Crippen molar-refractivity contribution >= 4 is 11.9 Å². The fourth-order valence-corrected chi connectivity index (χ4v) is 9.14. The first-order valence-electron chi connectivity index (χ1n) is 14.3. The molecule has 0 unspecified atom stereocenters. The lowest BCUT2D eigenvalue weighted by molar-refractivity contribution is -0.158. The molecule has 4 aliphatic carbocycles. The fraction of sp³-hybridized carbons (Fsp3) is 0.750. The minimum absolute atomic E-state index is 0.0571. The molecular weight excluding hydrogens is 464 g/mol. The van der Waals surface area contributed by atoms with Gasteiger partial charge in [0.2, 0.25) is 0 Å². The van der Waals surface area contributed by atoms with Crippen molar-refractivity contribution in [1.82, 2.24) is 0 Å². The Kier molecular flexibility index (Phi) is 7.14. The second kappa shape index (κ2) is 9.39. The van der Waals surface area contributed by atoms with Crippen molar-refractivity contribution in [3.05, 3.63) is 34.9 Å². The van der Waals surface area contributed by atoms with Crippen LogP contribution in [0.2, 0.25) is 0 Å². The van der Waals surface area contributed by atoms with Crippen LogP contribution in [0.4, 0.5) is 0 Å². The molecule has 5 nitrogen and oxygen atoms in total. The van der Waals surface area contributed by atoms with Crippen LogP contribution in [-0.2, 0) is 14.3 Å². The van der Waals surface area contributed by atoms with Crippen LogP contribution in [0.25, 0.3) is 0 Å². The Morgan fingerprint density at radius 2 is 1.78 bits per heavy atom. The van der Waals surface area contributed by atoms with E-state index in [0.29, 0.717) is 23.3 Å². The number of fused-ring (bicyclic) bond motifs is 5. The standard InChI is InChI=1S/C32H48O5/c1-19(10-9-11-20(2)28(35)36)22-14-17-31(7)23-12-13-25-29(4,5)26(34)15-16-30(25,6)24(23)18-27(32(22,31)8)37-21(3)33/h11-12,18-19,22,25-27,34H,9-10,13-17H2,1-8H3,(H,35,36)/b20-11-/t19-,22-,25+,26+,27-,30-,31+,32+/m1/s1. The molecule has 2 saturated carbocycles. The van der Waals surface area contributed by atoms with Gasteiger partial charge in [-0.3, -0.25) is 4.79 Å². The SMILES string of the molecule is CC(=O)O[C@@H]1C=C2C(=CC[C@H]3C(C)(C)[C@@H](O)CC[C@]23C)[C@]2(C)CC[C@H]([C@H](C)CC/C=C(/C)C(=O)O)[C@@]12C. The number of carbonyl (C=O) groups is 2. The highest BCUT2D eigenvalue weighted by Crippen LogP contribution is 2.72. The molecule has 4 rings (SSSR count). The Balaban J connectivity index is 1.75. The maximum Gasteiger partial charge on any atom is 0.330 e. The number of ether oxygens (including phenoxy) is 1. The summed E-state index contributed by atoms with van der Waals surface area (Å²) in [7, 11) is 0. The number of aliphatic hydroxyl groups is 1. The first-order valence-corrected chi connectivity index (χ1v) is 14.3. The molecule has 0 radical (unpaired) electrons. The molecule has 2 fully saturated rings. The first kappa shape index (κ1) is 28.1. The van der Waals surface area contributed by atoms with Gasteiger partial charge in [-0.05, 0) is 97.7 Å². The van der Waals surface area contributed by atoms with Crippen LogP contribution in [0.1, 0.15) is 100 Å². The van der Waals surface area contributed by atoms with Gasteiger partial charge in [0.15, 0.2) is 0 Å². The molecule has 5 heteroatoms. The fourth-order valence-electron chi connectivity index (χ4n) is 9.14. The summed E-state index contributed by atoms with van der Waals surface area (Å²) in [6.45, 7) is 17.0. The van der Waals surface area contributed by atoms with Crippen LogP contribution < -0.4 is 0 Å². The quantitative estimate of drug-likeness (QED) is 0.300. The molecule has 4 aliphatic rings. The number of aliphatic carboxylic acids is 1. The number of hydrogen-bond donors (Lipinski definition) is 2. The molecule has 2 N–H and O–H groups in total. The zero-order valence-corrected chi connectivity index (χ0v) is 24.2. The minimum Gasteiger partial charge on any atom is -0.478 e. The Hall–Kier alpha value is -1.88. The highest BCUT2D eigenvalue weighted by molar-refractivity contribution is 5.85. The number of carboxylic acids is 1. The average molecular weight is 513 g/mol. The Morgan fingerprint density at radius 1 is 1.11 bits per heavy atom. The van der Waals surface area contributed by atoms with E-state index < -0.39 is 5.97 Å². The third-order valence-electron chi connectivity index (χ3n) is 11.7. The lowest BCUT2D eigenvalue weighted by atomic mass is 9.43. The number of aliphatic hydroxyl groups excluding tert-OH is 1. The van der Waals surface area contributed by atoms with Gasteiger partial charge >= 0.3 is 11.9 Å². The van der Waals surface area contributed by atoms with E-state index in [1.807, 2.05) is 6.08 Å². The van der Waals surface area contributed by atoms with Gasteiger partial charge in [-0.25, -0.2) is 4.79 Å². The predicted octanol–water partition coefficient (Wildman–Crippen LogP) is 6.86. The lowest BCUT2D eigenvalue weighted by Gasteiger charge is -2.62. The van der Waals surface area contributed by atoms with Crippen molar-refractivity contribution in [3.63, 3.8) is 0 Å². The maximum absolute atomic E-state index is 12.4. The van der Waals surface area contributed by atoms with Gasteiger partial charge < -0.3 is 14.9 Å². The van der Waals surface area contributed by atoms with Crippen molar-refractivity contribution in [1.29, 1.82) is 0 Å². The number of rotatable bonds is 6. The number of allylic oxidation sites excluding steroid dienone is 4. The molecule has 0 heterocycles. The van der Waals surface area contributed by atoms with Crippen molar-refractivity contribution in [2.24, 2.45) is 39.4 Å². The largest absolute Gasteiger partial charge is 0.478 e. The van der Waals surface area contributed by atoms with Crippen LogP contribution in [0.15, 0.2) is 34.9 Å². The van der Waals surface area contributed by atoms with Gasteiger partial charge in [-0.1, -0.05) is 53.7 Å². The zero-order valence-electron chi connectivity index (χ0n) is 24.2. The molecule has 37 heavy (non-hydrogen) atoms. The lowest BCUT2D eigenvalue weighted by Crippen LogP contribution is -2.57. The van der Waals surface area contributed by atoms with Gasteiger partial charge in [0, 0.05) is 23.3 Å². The van der Waals surface area contributed by atoms with E-state index in [0.717, 1.165) is 44.9 Å². The van der Waals surface area contributed by atoms with Crippen molar-refractivity contribution < 1.29 is 24.5 Å². The summed E-state index contributed by atoms with van der Waals surface area (Å²) in [4.78, 5) is 23.7. The molecule has 0 spiro atoms. The van der Waals surface area contributed by atoms with Gasteiger partial charge in [0.05, 0.1) is 6.10 Å². The first-order chi connectivity index (χ1) is 17.1. The number of carboxylic acid groups (broad SMARTS) is 1. The Bertz CT molecular complexity index is 1050. The van der Waals surface area contributed by atoms with E-state index in [1.54, 1.807) is 6.92 Å². The second-order valence-corrected chi connectivity index (χ2v) is 13.8. The number of esters is 1. The van der Waals surface area contributed by atoms with Gasteiger partial charge in [-0.2, -0.15) is 0 Å². The van der Waals surface area contributed by atoms with Crippen LogP contribution in [0.5, 0.6) is 0 Å². The third kappa shape index (κ3) is 4.15. The van der Waals surface area contributed by atoms with Gasteiger partial charge in [0.1, 0.15) is 6.10 Å². The molecule has 0 saturated heterocycles. The van der Waals surface area contributed by atoms with Crippen LogP contribution in [-0.4, -0.2) is 34.4 Å². The van der Waals surface area contributed by atoms with E-state index in [4.69, 9.17) is 4.74 Å². The Labute approximate surface area is 223 Å². The molecule has 0 bridgehead atoms. The average Bonchev–Trinajstić information content (AvgIpc) is 3.09. The molecule has 0 aromatic carbocycles. The van der Waals surface area contributed by atoms with Crippen LogP contribution in [0.3, 0.4) is 0 Å². The monoisotopic (exact) mass is 512 g/mol. The van der Waals surface area contributed by atoms with E-state index in [-0.39, 0.29) is 39.8 Å². The molecule has 8 atom stereocenters. The Morgan fingerprint density at radius 3 is 2.41 bits per heavy atom. The molecular formula is C32H48O5. The number of hydrogen-bond acceptors (Lipinski definition) is 4. The highest BCUT2D eigenvalue weighted by atomic mass is 16.5. The summed E-state index contributed by atoms with van der Waals surface area (Å²) in [5.41, 5.74) is 2.60. The molecule has 0 aromatic heterocycles. The second-order valence-electron chi connectivity index (χ2n) is 13.8. The van der Waals surface area contributed by atoms with Crippen molar-refractivity contribution in [2.45, 2.75) is 113 Å². The normalized spacial score (nSPS) is 41.5. The zero-order chi connectivity index (χ0) is 27.6. The smallest absolute Gasteiger partial charge is 0.330 e. The van der Waals surface area contributed by atoms with E-state index in [2.05, 4.69) is 53.7 Å². The molecule has 0 amide bonds. The van der Waals surface area contributed by atoms with Gasteiger partial charge in [-0.15, -0.1) is 0 Å². The predicted molar refractivity (Wildman–Crippen MR) is 146 cm³/mol. The van der Waals surface area contributed by atoms with Crippen molar-refractivity contribution in [2.75, 3.05) is 0 Å². The van der Waals surface area contributed by atoms with Crippen molar-refractivity contribution in [3.8, 4) is 0 Å². The van der Waals surface area contributed by atoms with E-state index >= 15 is 0 Å². The van der Waals surface area contributed by atoms with Gasteiger partial charge in [0.25, 0.3) is 0 Å². The molecule has 0 aliphatic heterocycles. The van der Waals surface area contributed by atoms with E-state index in [1.165, 1.54) is 18.1 Å². The summed E-state index contributed by atoms with van der Waals surface area (Å²) in [6.07, 6.45) is 12.5. The summed E-state index contributed by atoms with van der Waals surface area (Å²) in [6, 6.07) is 0. The van der Waals surface area contributed by atoms with E-state index in [9.17, 15) is 19.8 Å². The van der Waals surface area contributed by atoms with Crippen LogP contribution >= 0.6 is 0 Å². The topological polar surface area (TPSA) is 83.8 Å². The molecule has 206 valence electrons. The number of carbonyl (C=O) groups excluding carboxylic acids is 1. The van der Waals surface area contributed by atoms with Crippen LogP contribution in [0, 0.1) is 39.4 Å². The summed E-state index contributed by atoms with van der Waals surface area (Å²) >= 11 is 0. The summed E-state index contributed by atoms with van der Waals surface area (Å²) in [5, 5.41) is 20.1.